The molecule has 3 aliphatic rings. The van der Waals surface area contributed by atoms with Crippen LogP contribution in [0.3, 0.4) is 0 Å². The molecular weight excluding hydrogens is 516 g/mol. The molecule has 1 aliphatic heterocycles. The number of hydrogen-bond acceptors (Lipinski definition) is 5. The summed E-state index contributed by atoms with van der Waals surface area (Å²) in [5.41, 5.74) is 1.38. The summed E-state index contributed by atoms with van der Waals surface area (Å²) in [5, 5.41) is 22.4. The van der Waals surface area contributed by atoms with Gasteiger partial charge in [-0.1, -0.05) is 74.9 Å². The maximum Gasteiger partial charge on any atom is 0.304 e. The van der Waals surface area contributed by atoms with Crippen molar-refractivity contribution in [3.8, 4) is 0 Å². The van der Waals surface area contributed by atoms with Crippen LogP contribution in [0.1, 0.15) is 85.6 Å². The first-order valence-corrected chi connectivity index (χ1v) is 14.6. The van der Waals surface area contributed by atoms with Crippen LogP contribution in [0.15, 0.2) is 76.8 Å². The number of hydrogen-bond donors (Lipinski definition) is 2. The van der Waals surface area contributed by atoms with Crippen molar-refractivity contribution < 1.29 is 29.3 Å². The number of ether oxygens (including phenoxy) is 1. The fourth-order valence-corrected chi connectivity index (χ4v) is 7.05. The summed E-state index contributed by atoms with van der Waals surface area (Å²) in [4.78, 5) is 40.8. The van der Waals surface area contributed by atoms with Gasteiger partial charge in [0.05, 0.1) is 17.8 Å². The first kappa shape index (κ1) is 30.5. The van der Waals surface area contributed by atoms with Crippen molar-refractivity contribution in [3.63, 3.8) is 0 Å². The highest BCUT2D eigenvalue weighted by Gasteiger charge is 2.59. The minimum absolute atomic E-state index is 0.0366. The van der Waals surface area contributed by atoms with Gasteiger partial charge in [0.1, 0.15) is 23.2 Å². The smallest absolute Gasteiger partial charge is 0.304 e. The molecule has 0 radical (unpaired) electrons. The third-order valence-corrected chi connectivity index (χ3v) is 9.96. The molecule has 0 amide bonds. The molecular formula is C35H44O6. The number of Topliss-reactive ketones (excluding diaryl/α,β-unsaturated/α-hetero) is 2. The predicted molar refractivity (Wildman–Crippen MR) is 159 cm³/mol. The van der Waals surface area contributed by atoms with Crippen LogP contribution >= 0.6 is 0 Å². The number of allylic oxidation sites excluding steroid dienone is 6. The van der Waals surface area contributed by atoms with Crippen molar-refractivity contribution >= 4 is 17.5 Å². The molecule has 2 N–H and O–H groups in total. The van der Waals surface area contributed by atoms with Gasteiger partial charge in [0.2, 0.25) is 0 Å². The van der Waals surface area contributed by atoms with Crippen molar-refractivity contribution in [2.75, 3.05) is 0 Å². The number of ketones is 2. The number of carbonyl (C=O) groups is 3. The lowest BCUT2D eigenvalue weighted by atomic mass is 9.48. The normalized spacial score (nSPS) is 29.7. The first-order valence-electron chi connectivity index (χ1n) is 14.6. The molecule has 0 unspecified atom stereocenters. The van der Waals surface area contributed by atoms with Gasteiger partial charge in [-0.05, 0) is 69.8 Å². The summed E-state index contributed by atoms with van der Waals surface area (Å²) in [5.74, 6) is -2.92. The molecule has 4 rings (SSSR count). The molecule has 0 saturated heterocycles. The van der Waals surface area contributed by atoms with Gasteiger partial charge in [-0.25, -0.2) is 0 Å². The summed E-state index contributed by atoms with van der Waals surface area (Å²) in [6, 6.07) is 9.09. The number of rotatable bonds is 9. The number of aliphatic hydroxyl groups excluding tert-OH is 1. The number of benzene rings is 1. The van der Waals surface area contributed by atoms with Gasteiger partial charge < -0.3 is 14.9 Å². The van der Waals surface area contributed by atoms with Crippen molar-refractivity contribution in [2.45, 2.75) is 86.2 Å². The summed E-state index contributed by atoms with van der Waals surface area (Å²) < 4.78 is 6.26. The van der Waals surface area contributed by atoms with Crippen LogP contribution in [-0.2, 0) is 19.1 Å². The predicted octanol–water partition coefficient (Wildman–Crippen LogP) is 7.49. The SMILES string of the molecule is C=C(C)[C@@H]1C[C@@H](C[C@@]2(CC=C(C)C)C(=O)C3=C(O[C@H](C)[C@@H](C)C3=O)C([C@H](CC(=O)O)c3ccccc3)=C2O)C1(C)C. The number of carboxylic acid groups (broad SMARTS) is 1. The fourth-order valence-electron chi connectivity index (χ4n) is 7.05. The molecule has 6 heteroatoms. The van der Waals surface area contributed by atoms with Crippen LogP contribution in [0, 0.1) is 28.6 Å². The van der Waals surface area contributed by atoms with E-state index in [-0.39, 0.29) is 58.5 Å². The van der Waals surface area contributed by atoms with Crippen LogP contribution in [0.4, 0.5) is 0 Å². The van der Waals surface area contributed by atoms with Gasteiger partial charge in [-0.2, -0.15) is 0 Å². The zero-order valence-electron chi connectivity index (χ0n) is 25.4. The highest BCUT2D eigenvalue weighted by Crippen LogP contribution is 2.61. The van der Waals surface area contributed by atoms with Gasteiger partial charge >= 0.3 is 5.97 Å². The Hall–Kier alpha value is -3.41. The van der Waals surface area contributed by atoms with E-state index in [0.29, 0.717) is 12.0 Å². The van der Waals surface area contributed by atoms with Crippen LogP contribution in [-0.4, -0.2) is 33.9 Å². The van der Waals surface area contributed by atoms with E-state index in [0.717, 1.165) is 17.6 Å². The van der Waals surface area contributed by atoms with Gasteiger partial charge in [0.15, 0.2) is 11.6 Å². The molecule has 41 heavy (non-hydrogen) atoms. The molecule has 0 spiro atoms. The Morgan fingerprint density at radius 1 is 1.15 bits per heavy atom. The Kier molecular flexibility index (Phi) is 8.28. The Morgan fingerprint density at radius 2 is 1.78 bits per heavy atom. The average molecular weight is 561 g/mol. The molecule has 1 aromatic carbocycles. The number of carboxylic acids is 1. The van der Waals surface area contributed by atoms with Gasteiger partial charge in [0.25, 0.3) is 0 Å². The second-order valence-corrected chi connectivity index (χ2v) is 13.3. The Labute approximate surface area is 243 Å². The monoisotopic (exact) mass is 560 g/mol. The van der Waals surface area contributed by atoms with Crippen LogP contribution in [0.25, 0.3) is 0 Å². The molecule has 2 aliphatic carbocycles. The Morgan fingerprint density at radius 3 is 2.32 bits per heavy atom. The number of aliphatic carboxylic acids is 1. The quantitative estimate of drug-likeness (QED) is 0.240. The minimum atomic E-state index is -1.42. The van der Waals surface area contributed by atoms with Gasteiger partial charge in [-0.3, -0.25) is 14.4 Å². The van der Waals surface area contributed by atoms with Crippen LogP contribution in [0.2, 0.25) is 0 Å². The van der Waals surface area contributed by atoms with E-state index >= 15 is 0 Å². The molecule has 1 heterocycles. The molecule has 6 nitrogen and oxygen atoms in total. The number of aliphatic hydroxyl groups is 1. The van der Waals surface area contributed by atoms with Gasteiger partial charge in [-0.15, -0.1) is 0 Å². The zero-order valence-corrected chi connectivity index (χ0v) is 25.4. The molecule has 0 aromatic heterocycles. The Bertz CT molecular complexity index is 1360. The van der Waals surface area contributed by atoms with E-state index in [1.165, 1.54) is 0 Å². The molecule has 1 saturated carbocycles. The van der Waals surface area contributed by atoms with Crippen LogP contribution in [0.5, 0.6) is 0 Å². The molecule has 0 bridgehead atoms. The average Bonchev–Trinajstić information content (AvgIpc) is 2.89. The van der Waals surface area contributed by atoms with Crippen molar-refractivity contribution in [3.05, 3.63) is 82.4 Å². The molecule has 220 valence electrons. The Balaban J connectivity index is 2.01. The lowest BCUT2D eigenvalue weighted by Crippen LogP contribution is -2.52. The minimum Gasteiger partial charge on any atom is -0.511 e. The lowest BCUT2D eigenvalue weighted by Gasteiger charge is -2.56. The molecule has 1 fully saturated rings. The third kappa shape index (κ3) is 5.22. The summed E-state index contributed by atoms with van der Waals surface area (Å²) in [6.07, 6.45) is 2.44. The number of carbonyl (C=O) groups excluding carboxylic acids is 2. The van der Waals surface area contributed by atoms with E-state index in [1.54, 1.807) is 13.8 Å². The van der Waals surface area contributed by atoms with Crippen molar-refractivity contribution in [2.24, 2.45) is 28.6 Å². The van der Waals surface area contributed by atoms with E-state index in [2.05, 4.69) is 20.4 Å². The standard InChI is InChI=1S/C35H44O6/c1-19(2)14-15-35(18-24-16-26(20(3)4)34(24,7)8)32(39)28(25(17-27(36)37)23-12-10-9-11-13-23)31-29(33(35)40)30(38)21(5)22(6)41-31/h9-14,21-22,24-26,39H,3,15-18H2,1-2,4-8H3,(H,36,37)/t21-,22-,24+,25-,26+,35-/m1/s1. The van der Waals surface area contributed by atoms with Crippen LogP contribution < -0.4 is 0 Å². The van der Waals surface area contributed by atoms with Gasteiger partial charge in [0, 0.05) is 11.5 Å². The molecule has 6 atom stereocenters. The van der Waals surface area contributed by atoms with E-state index in [4.69, 9.17) is 4.74 Å². The molecule has 1 aromatic rings. The van der Waals surface area contributed by atoms with E-state index < -0.39 is 35.1 Å². The van der Waals surface area contributed by atoms with E-state index in [9.17, 15) is 24.6 Å². The summed E-state index contributed by atoms with van der Waals surface area (Å²) in [7, 11) is 0. The second-order valence-electron chi connectivity index (χ2n) is 13.3. The topological polar surface area (TPSA) is 101 Å². The second kappa shape index (κ2) is 11.1. The maximum absolute atomic E-state index is 14.7. The highest BCUT2D eigenvalue weighted by molar-refractivity contribution is 6.25. The largest absolute Gasteiger partial charge is 0.511 e. The maximum atomic E-state index is 14.7. The highest BCUT2D eigenvalue weighted by atomic mass is 16.5. The fraction of sp³-hybridized carbons (Fsp3) is 0.514. The first-order chi connectivity index (χ1) is 19.1. The van der Waals surface area contributed by atoms with Crippen molar-refractivity contribution in [1.82, 2.24) is 0 Å². The summed E-state index contributed by atoms with van der Waals surface area (Å²) >= 11 is 0. The summed E-state index contributed by atoms with van der Waals surface area (Å²) in [6.45, 7) is 17.9. The third-order valence-electron chi connectivity index (χ3n) is 9.96. The lowest BCUT2D eigenvalue weighted by molar-refractivity contribution is -0.137. The van der Waals surface area contributed by atoms with Crippen molar-refractivity contribution in [1.29, 1.82) is 0 Å². The van der Waals surface area contributed by atoms with E-state index in [1.807, 2.05) is 57.2 Å². The zero-order chi connectivity index (χ0) is 30.4.